The number of benzene rings is 1. The van der Waals surface area contributed by atoms with Crippen LogP contribution in [0.25, 0.3) is 0 Å². The molecule has 2 unspecified atom stereocenters. The highest BCUT2D eigenvalue weighted by Gasteiger charge is 2.32. The third kappa shape index (κ3) is 2.70. The van der Waals surface area contributed by atoms with Crippen LogP contribution in [0.4, 0.5) is 11.4 Å². The number of para-hydroxylation sites is 1. The van der Waals surface area contributed by atoms with Gasteiger partial charge in [0.05, 0.1) is 12.0 Å². The number of hydrogen-bond donors (Lipinski definition) is 1. The topological polar surface area (TPSA) is 81.6 Å². The summed E-state index contributed by atoms with van der Waals surface area (Å²) in [5.74, 6) is 0.293. The molecule has 0 saturated carbocycles. The van der Waals surface area contributed by atoms with E-state index in [0.29, 0.717) is 11.4 Å². The fourth-order valence-electron chi connectivity index (χ4n) is 2.89. The van der Waals surface area contributed by atoms with Gasteiger partial charge in [0.1, 0.15) is 5.69 Å². The van der Waals surface area contributed by atoms with Crippen molar-refractivity contribution in [2.45, 2.75) is 38.3 Å². The van der Waals surface area contributed by atoms with Gasteiger partial charge in [-0.15, -0.1) is 0 Å². The number of methoxy groups -OCH3 is 1. The Labute approximate surface area is 118 Å². The second-order valence-corrected chi connectivity index (χ2v) is 5.20. The average molecular weight is 279 g/mol. The van der Waals surface area contributed by atoms with E-state index in [1.54, 1.807) is 18.2 Å². The number of nitro groups is 1. The van der Waals surface area contributed by atoms with E-state index >= 15 is 0 Å². The molecular weight excluding hydrogens is 258 g/mol. The Morgan fingerprint density at radius 3 is 2.85 bits per heavy atom. The Balaban J connectivity index is 2.47. The summed E-state index contributed by atoms with van der Waals surface area (Å²) < 4.78 is 5.13. The van der Waals surface area contributed by atoms with Crippen LogP contribution < -0.4 is 15.4 Å². The molecule has 0 spiro atoms. The van der Waals surface area contributed by atoms with Crippen molar-refractivity contribution in [2.24, 2.45) is 5.73 Å². The number of anilines is 1. The molecule has 110 valence electrons. The van der Waals surface area contributed by atoms with Crippen LogP contribution in [-0.2, 0) is 0 Å². The van der Waals surface area contributed by atoms with Crippen molar-refractivity contribution in [2.75, 3.05) is 18.6 Å². The minimum atomic E-state index is -0.374. The summed E-state index contributed by atoms with van der Waals surface area (Å²) in [5, 5.41) is 11.4. The second-order valence-electron chi connectivity index (χ2n) is 5.20. The van der Waals surface area contributed by atoms with E-state index in [0.717, 1.165) is 25.8 Å². The van der Waals surface area contributed by atoms with Crippen LogP contribution in [0.3, 0.4) is 0 Å². The summed E-state index contributed by atoms with van der Waals surface area (Å²) in [7, 11) is 1.45. The molecule has 1 aromatic rings. The fraction of sp³-hybridized carbons (Fsp3) is 0.571. The number of nitrogens with zero attached hydrogens (tertiary/aromatic N) is 2. The van der Waals surface area contributed by atoms with Crippen LogP contribution in [0.2, 0.25) is 0 Å². The maximum atomic E-state index is 11.4. The molecule has 1 aliphatic heterocycles. The predicted molar refractivity (Wildman–Crippen MR) is 78.3 cm³/mol. The highest BCUT2D eigenvalue weighted by Crippen LogP contribution is 2.39. The number of piperidine rings is 1. The first-order chi connectivity index (χ1) is 9.56. The fourth-order valence-corrected chi connectivity index (χ4v) is 2.89. The first-order valence-corrected chi connectivity index (χ1v) is 6.90. The zero-order valence-corrected chi connectivity index (χ0v) is 11.9. The van der Waals surface area contributed by atoms with E-state index in [-0.39, 0.29) is 22.7 Å². The lowest BCUT2D eigenvalue weighted by Crippen LogP contribution is -2.49. The van der Waals surface area contributed by atoms with Crippen LogP contribution in [0.1, 0.15) is 26.2 Å². The molecule has 0 aliphatic carbocycles. The van der Waals surface area contributed by atoms with Gasteiger partial charge < -0.3 is 15.4 Å². The monoisotopic (exact) mass is 279 g/mol. The minimum absolute atomic E-state index is 0.0268. The summed E-state index contributed by atoms with van der Waals surface area (Å²) in [6, 6.07) is 5.29. The van der Waals surface area contributed by atoms with Crippen molar-refractivity contribution in [3.05, 3.63) is 28.3 Å². The summed E-state index contributed by atoms with van der Waals surface area (Å²) in [4.78, 5) is 13.1. The lowest BCUT2D eigenvalue weighted by Gasteiger charge is -2.39. The molecule has 0 bridgehead atoms. The molecule has 1 heterocycles. The standard InChI is InChI=1S/C14H21N3O3/c1-10(15)11-6-3-4-9-16(11)12-7-5-8-13(20-2)14(12)17(18)19/h5,7-8,10-11H,3-4,6,9,15H2,1-2H3. The van der Waals surface area contributed by atoms with E-state index in [1.165, 1.54) is 7.11 Å². The summed E-state index contributed by atoms with van der Waals surface area (Å²) in [5.41, 5.74) is 6.69. The second kappa shape index (κ2) is 6.09. The van der Waals surface area contributed by atoms with Crippen molar-refractivity contribution < 1.29 is 9.66 Å². The van der Waals surface area contributed by atoms with Gasteiger partial charge in [-0.3, -0.25) is 10.1 Å². The van der Waals surface area contributed by atoms with Gasteiger partial charge in [-0.05, 0) is 38.3 Å². The third-order valence-electron chi connectivity index (χ3n) is 3.85. The van der Waals surface area contributed by atoms with E-state index in [2.05, 4.69) is 4.90 Å². The van der Waals surface area contributed by atoms with Crippen molar-refractivity contribution in [3.8, 4) is 5.75 Å². The van der Waals surface area contributed by atoms with Crippen LogP contribution in [0.15, 0.2) is 18.2 Å². The molecule has 1 fully saturated rings. The van der Waals surface area contributed by atoms with Gasteiger partial charge >= 0.3 is 5.69 Å². The summed E-state index contributed by atoms with van der Waals surface area (Å²) >= 11 is 0. The van der Waals surface area contributed by atoms with Crippen molar-refractivity contribution in [1.82, 2.24) is 0 Å². The van der Waals surface area contributed by atoms with Crippen LogP contribution >= 0.6 is 0 Å². The van der Waals surface area contributed by atoms with Gasteiger partial charge in [0.2, 0.25) is 0 Å². The van der Waals surface area contributed by atoms with Crippen LogP contribution in [-0.4, -0.2) is 30.7 Å². The van der Waals surface area contributed by atoms with Gasteiger partial charge in [0, 0.05) is 18.6 Å². The van der Waals surface area contributed by atoms with Gasteiger partial charge in [-0.25, -0.2) is 0 Å². The van der Waals surface area contributed by atoms with E-state index in [4.69, 9.17) is 10.5 Å². The first kappa shape index (κ1) is 14.6. The zero-order chi connectivity index (χ0) is 14.7. The van der Waals surface area contributed by atoms with E-state index in [9.17, 15) is 10.1 Å². The number of hydrogen-bond acceptors (Lipinski definition) is 5. The maximum Gasteiger partial charge on any atom is 0.333 e. The summed E-state index contributed by atoms with van der Waals surface area (Å²) in [6.07, 6.45) is 3.10. The Morgan fingerprint density at radius 2 is 2.25 bits per heavy atom. The molecule has 2 N–H and O–H groups in total. The van der Waals surface area contributed by atoms with Gasteiger partial charge in [-0.2, -0.15) is 0 Å². The molecular formula is C14H21N3O3. The third-order valence-corrected chi connectivity index (χ3v) is 3.85. The highest BCUT2D eigenvalue weighted by molar-refractivity contribution is 5.70. The Kier molecular flexibility index (Phi) is 4.44. The minimum Gasteiger partial charge on any atom is -0.490 e. The number of nitro benzene ring substituents is 1. The molecule has 2 rings (SSSR count). The summed E-state index contributed by atoms with van der Waals surface area (Å²) in [6.45, 7) is 2.75. The van der Waals surface area contributed by atoms with Crippen molar-refractivity contribution in [1.29, 1.82) is 0 Å². The van der Waals surface area contributed by atoms with Gasteiger partial charge in [-0.1, -0.05) is 6.07 Å². The number of ether oxygens (including phenoxy) is 1. The van der Waals surface area contributed by atoms with Crippen LogP contribution in [0.5, 0.6) is 5.75 Å². The predicted octanol–water partition coefficient (Wildman–Crippen LogP) is 2.31. The van der Waals surface area contributed by atoms with Crippen molar-refractivity contribution in [3.63, 3.8) is 0 Å². The lowest BCUT2D eigenvalue weighted by molar-refractivity contribution is -0.385. The molecule has 6 heteroatoms. The molecule has 0 amide bonds. The largest absolute Gasteiger partial charge is 0.490 e. The number of rotatable bonds is 4. The first-order valence-electron chi connectivity index (χ1n) is 6.90. The molecule has 1 aromatic carbocycles. The maximum absolute atomic E-state index is 11.4. The average Bonchev–Trinajstić information content (AvgIpc) is 2.46. The van der Waals surface area contributed by atoms with E-state index < -0.39 is 0 Å². The Morgan fingerprint density at radius 1 is 1.50 bits per heavy atom. The SMILES string of the molecule is COc1cccc(N2CCCCC2C(C)N)c1[N+](=O)[O-]. The molecule has 2 atom stereocenters. The quantitative estimate of drug-likeness (QED) is 0.675. The molecule has 1 aliphatic rings. The smallest absolute Gasteiger partial charge is 0.333 e. The molecule has 1 saturated heterocycles. The van der Waals surface area contributed by atoms with Crippen molar-refractivity contribution >= 4 is 11.4 Å². The van der Waals surface area contributed by atoms with Gasteiger partial charge in [0.25, 0.3) is 0 Å². The van der Waals surface area contributed by atoms with Crippen LogP contribution in [0, 0.1) is 10.1 Å². The highest BCUT2D eigenvalue weighted by atomic mass is 16.6. The molecule has 0 radical (unpaired) electrons. The van der Waals surface area contributed by atoms with E-state index in [1.807, 2.05) is 6.92 Å². The Hall–Kier alpha value is -1.82. The Bertz CT molecular complexity index is 491. The van der Waals surface area contributed by atoms with Gasteiger partial charge in [0.15, 0.2) is 5.75 Å². The molecule has 6 nitrogen and oxygen atoms in total. The molecule has 20 heavy (non-hydrogen) atoms. The zero-order valence-electron chi connectivity index (χ0n) is 11.9. The normalized spacial score (nSPS) is 20.6. The lowest BCUT2D eigenvalue weighted by atomic mass is 9.96. The molecule has 0 aromatic heterocycles. The number of nitrogens with two attached hydrogens (primary N) is 1.